The van der Waals surface area contributed by atoms with E-state index in [4.69, 9.17) is 0 Å². The molecule has 3 heterocycles. The fourth-order valence-electron chi connectivity index (χ4n) is 3.79. The van der Waals surface area contributed by atoms with Crippen LogP contribution >= 0.6 is 0 Å². The van der Waals surface area contributed by atoms with Crippen molar-refractivity contribution < 1.29 is 9.90 Å². The number of rotatable bonds is 7. The molecule has 3 rings (SSSR count). The number of nitrogens with zero attached hydrogens (tertiary/aromatic N) is 6. The highest BCUT2D eigenvalue weighted by Gasteiger charge is 2.36. The number of likely N-dealkylation sites (tertiary alicyclic amines) is 1. The smallest absolute Gasteiger partial charge is 0.303 e. The van der Waals surface area contributed by atoms with Crippen molar-refractivity contribution in [3.63, 3.8) is 0 Å². The van der Waals surface area contributed by atoms with Crippen molar-refractivity contribution in [3.8, 4) is 0 Å². The van der Waals surface area contributed by atoms with E-state index in [9.17, 15) is 9.90 Å². The molecule has 1 N–H and O–H groups in total. The summed E-state index contributed by atoms with van der Waals surface area (Å²) in [7, 11) is 1.84. The maximum Gasteiger partial charge on any atom is 0.303 e. The maximum absolute atomic E-state index is 11.2. The van der Waals surface area contributed by atoms with E-state index in [0.717, 1.165) is 44.0 Å². The zero-order valence-electron chi connectivity index (χ0n) is 15.1. The number of carbonyl (C=O) groups is 1. The Hall–Kier alpha value is -2.22. The topological polar surface area (TPSA) is 89.1 Å². The van der Waals surface area contributed by atoms with Crippen LogP contribution in [0.3, 0.4) is 0 Å². The molecule has 0 bridgehead atoms. The lowest BCUT2D eigenvalue weighted by Gasteiger charge is -2.15. The second-order valence-corrected chi connectivity index (χ2v) is 7.04. The zero-order valence-corrected chi connectivity index (χ0v) is 15.1. The van der Waals surface area contributed by atoms with Gasteiger partial charge in [0, 0.05) is 44.5 Å². The number of aliphatic carboxylic acids is 1. The fourth-order valence-corrected chi connectivity index (χ4v) is 3.79. The predicted octanol–water partition coefficient (Wildman–Crippen LogP) is 1.21. The number of carboxylic acid groups (broad SMARTS) is 1. The van der Waals surface area contributed by atoms with Crippen LogP contribution in [0.2, 0.25) is 0 Å². The van der Waals surface area contributed by atoms with E-state index in [1.165, 1.54) is 5.69 Å². The molecule has 25 heavy (non-hydrogen) atoms. The number of carboxylic acids is 1. The molecule has 0 radical (unpaired) electrons. The average Bonchev–Trinajstić information content (AvgIpc) is 3.19. The minimum Gasteiger partial charge on any atom is -0.481 e. The fraction of sp³-hybridized carbons (Fsp3) is 0.647. The summed E-state index contributed by atoms with van der Waals surface area (Å²) in [5.74, 6) is -0.523. The molecule has 1 fully saturated rings. The molecule has 136 valence electrons. The van der Waals surface area contributed by atoms with Crippen molar-refractivity contribution in [1.29, 1.82) is 0 Å². The first-order valence-electron chi connectivity index (χ1n) is 8.74. The molecule has 1 saturated heterocycles. The van der Waals surface area contributed by atoms with Crippen LogP contribution in [-0.4, -0.2) is 60.4 Å². The van der Waals surface area contributed by atoms with Crippen molar-refractivity contribution in [3.05, 3.63) is 29.3 Å². The standard InChI is InChI=1S/C17H26N6O2/c1-12-7-13(2)23(19-12)6-4-5-22-9-14(8-17(24)25)15(10-22)16-11-21(3)20-18-16/h7,11,14-15H,4-6,8-10H2,1-3H3,(H,24,25)/t14-,15+/m0/s1. The van der Waals surface area contributed by atoms with E-state index in [2.05, 4.69) is 33.3 Å². The van der Waals surface area contributed by atoms with E-state index >= 15 is 0 Å². The monoisotopic (exact) mass is 346 g/mol. The quantitative estimate of drug-likeness (QED) is 0.810. The van der Waals surface area contributed by atoms with Gasteiger partial charge in [0.25, 0.3) is 0 Å². The van der Waals surface area contributed by atoms with Crippen LogP contribution < -0.4 is 0 Å². The van der Waals surface area contributed by atoms with Gasteiger partial charge in [-0.05, 0) is 38.8 Å². The number of aryl methyl sites for hydroxylation is 4. The third-order valence-corrected chi connectivity index (χ3v) is 4.90. The van der Waals surface area contributed by atoms with Crippen molar-refractivity contribution in [2.75, 3.05) is 19.6 Å². The van der Waals surface area contributed by atoms with Gasteiger partial charge in [-0.25, -0.2) is 0 Å². The highest BCUT2D eigenvalue weighted by molar-refractivity contribution is 5.67. The lowest BCUT2D eigenvalue weighted by Crippen LogP contribution is -2.24. The van der Waals surface area contributed by atoms with Crippen LogP contribution in [0.15, 0.2) is 12.3 Å². The van der Waals surface area contributed by atoms with Gasteiger partial charge in [0.05, 0.1) is 17.8 Å². The Balaban J connectivity index is 1.59. The summed E-state index contributed by atoms with van der Waals surface area (Å²) >= 11 is 0. The third-order valence-electron chi connectivity index (χ3n) is 4.90. The Morgan fingerprint density at radius 1 is 1.32 bits per heavy atom. The number of hydrogen-bond donors (Lipinski definition) is 1. The second kappa shape index (κ2) is 7.35. The molecule has 8 heteroatoms. The van der Waals surface area contributed by atoms with Crippen molar-refractivity contribution in [2.45, 2.75) is 39.2 Å². The Morgan fingerprint density at radius 3 is 2.72 bits per heavy atom. The molecule has 2 aromatic heterocycles. The highest BCUT2D eigenvalue weighted by atomic mass is 16.4. The summed E-state index contributed by atoms with van der Waals surface area (Å²) in [5, 5.41) is 21.9. The van der Waals surface area contributed by atoms with Crippen LogP contribution in [0.1, 0.15) is 35.8 Å². The normalized spacial score (nSPS) is 21.1. The molecule has 0 spiro atoms. The van der Waals surface area contributed by atoms with Gasteiger partial charge in [0.1, 0.15) is 0 Å². The van der Waals surface area contributed by atoms with Crippen LogP contribution in [0.25, 0.3) is 0 Å². The molecule has 1 aliphatic heterocycles. The molecule has 8 nitrogen and oxygen atoms in total. The Labute approximate surface area is 147 Å². The first-order valence-corrected chi connectivity index (χ1v) is 8.74. The Kier molecular flexibility index (Phi) is 5.17. The molecule has 0 amide bonds. The van der Waals surface area contributed by atoms with Crippen molar-refractivity contribution in [2.24, 2.45) is 13.0 Å². The van der Waals surface area contributed by atoms with Gasteiger partial charge in [0.2, 0.25) is 0 Å². The maximum atomic E-state index is 11.2. The summed E-state index contributed by atoms with van der Waals surface area (Å²) in [6.07, 6.45) is 3.07. The van der Waals surface area contributed by atoms with E-state index in [0.29, 0.717) is 0 Å². The van der Waals surface area contributed by atoms with Crippen LogP contribution in [-0.2, 0) is 18.4 Å². The largest absolute Gasteiger partial charge is 0.481 e. The molecule has 0 aromatic carbocycles. The second-order valence-electron chi connectivity index (χ2n) is 7.04. The van der Waals surface area contributed by atoms with Crippen LogP contribution in [0.4, 0.5) is 0 Å². The van der Waals surface area contributed by atoms with Crippen molar-refractivity contribution in [1.82, 2.24) is 29.7 Å². The van der Waals surface area contributed by atoms with E-state index < -0.39 is 5.97 Å². The molecular formula is C17H26N6O2. The van der Waals surface area contributed by atoms with Gasteiger partial charge in [-0.15, -0.1) is 5.10 Å². The van der Waals surface area contributed by atoms with E-state index in [-0.39, 0.29) is 18.3 Å². The third kappa shape index (κ3) is 4.25. The Bertz CT molecular complexity index is 737. The highest BCUT2D eigenvalue weighted by Crippen LogP contribution is 2.33. The minimum absolute atomic E-state index is 0.0860. The molecule has 1 aliphatic rings. The van der Waals surface area contributed by atoms with Gasteiger partial charge in [-0.3, -0.25) is 14.2 Å². The number of hydrogen-bond acceptors (Lipinski definition) is 5. The minimum atomic E-state index is -0.747. The van der Waals surface area contributed by atoms with E-state index in [1.54, 1.807) is 4.68 Å². The van der Waals surface area contributed by atoms with Crippen LogP contribution in [0.5, 0.6) is 0 Å². The molecule has 2 atom stereocenters. The zero-order chi connectivity index (χ0) is 18.0. The van der Waals surface area contributed by atoms with Gasteiger partial charge < -0.3 is 10.0 Å². The molecule has 0 unspecified atom stereocenters. The van der Waals surface area contributed by atoms with E-state index in [1.807, 2.05) is 24.9 Å². The summed E-state index contributed by atoms with van der Waals surface area (Å²) < 4.78 is 3.72. The first-order chi connectivity index (χ1) is 11.9. The first kappa shape index (κ1) is 17.6. The molecular weight excluding hydrogens is 320 g/mol. The Morgan fingerprint density at radius 2 is 2.12 bits per heavy atom. The molecule has 0 aliphatic carbocycles. The summed E-state index contributed by atoms with van der Waals surface area (Å²) in [6, 6.07) is 2.09. The van der Waals surface area contributed by atoms with Gasteiger partial charge in [-0.1, -0.05) is 5.21 Å². The molecule has 2 aromatic rings. The predicted molar refractivity (Wildman–Crippen MR) is 92.2 cm³/mol. The van der Waals surface area contributed by atoms with Crippen LogP contribution in [0, 0.1) is 19.8 Å². The lowest BCUT2D eigenvalue weighted by atomic mass is 9.91. The van der Waals surface area contributed by atoms with Gasteiger partial charge in [0.15, 0.2) is 0 Å². The summed E-state index contributed by atoms with van der Waals surface area (Å²) in [5.41, 5.74) is 3.12. The van der Waals surface area contributed by atoms with Gasteiger partial charge in [-0.2, -0.15) is 5.10 Å². The van der Waals surface area contributed by atoms with Gasteiger partial charge >= 0.3 is 5.97 Å². The summed E-state index contributed by atoms with van der Waals surface area (Å²) in [6.45, 7) is 7.54. The lowest BCUT2D eigenvalue weighted by molar-refractivity contribution is -0.138. The SMILES string of the molecule is Cc1cc(C)n(CCCN2C[C@H](CC(=O)O)[C@H](c3cn(C)nn3)C2)n1. The molecule has 0 saturated carbocycles. The summed E-state index contributed by atoms with van der Waals surface area (Å²) in [4.78, 5) is 13.6. The number of aromatic nitrogens is 5. The van der Waals surface area contributed by atoms with Crippen molar-refractivity contribution >= 4 is 5.97 Å². The average molecular weight is 346 g/mol.